The van der Waals surface area contributed by atoms with Crippen LogP contribution in [0.5, 0.6) is 0 Å². The van der Waals surface area contributed by atoms with Crippen molar-refractivity contribution in [2.75, 3.05) is 49.9 Å². The van der Waals surface area contributed by atoms with E-state index in [0.29, 0.717) is 18.4 Å². The predicted octanol–water partition coefficient (Wildman–Crippen LogP) is 2.11. The molecule has 2 fully saturated rings. The Morgan fingerprint density at radius 1 is 1.18 bits per heavy atom. The summed E-state index contributed by atoms with van der Waals surface area (Å²) in [7, 11) is -3.28. The van der Waals surface area contributed by atoms with Gasteiger partial charge in [0.1, 0.15) is 0 Å². The number of hydrogen-bond donors (Lipinski definition) is 2. The fourth-order valence-corrected chi connectivity index (χ4v) is 4.33. The number of piperazine rings is 1. The van der Waals surface area contributed by atoms with Gasteiger partial charge < -0.3 is 15.5 Å². The zero-order chi connectivity index (χ0) is 19.3. The molecule has 0 spiro atoms. The molecule has 3 rings (SSSR count). The number of aliphatic imine (C=N–C) groups is 1. The number of nitrogens with one attached hydrogen (secondary N) is 1. The van der Waals surface area contributed by atoms with Gasteiger partial charge in [-0.15, -0.1) is 24.0 Å². The van der Waals surface area contributed by atoms with Crippen LogP contribution in [-0.2, 0) is 10.0 Å². The molecule has 158 valence electrons. The highest BCUT2D eigenvalue weighted by molar-refractivity contribution is 14.0. The van der Waals surface area contributed by atoms with Crippen molar-refractivity contribution >= 4 is 57.2 Å². The average Bonchev–Trinajstić information content (AvgIpc) is 2.61. The molecule has 7 nitrogen and oxygen atoms in total. The fraction of sp³-hybridized carbons (Fsp3) is 0.611. The minimum atomic E-state index is -3.28. The lowest BCUT2D eigenvalue weighted by atomic mass is 9.86. The summed E-state index contributed by atoms with van der Waals surface area (Å²) in [5.74, 6) is 0.899. The summed E-state index contributed by atoms with van der Waals surface area (Å²) < 4.78 is 26.7. The first kappa shape index (κ1) is 23.5. The Hall–Kier alpha value is -0.780. The number of hydrogen-bond acceptors (Lipinski definition) is 4. The molecule has 1 saturated heterocycles. The van der Waals surface area contributed by atoms with Gasteiger partial charge in [-0.25, -0.2) is 13.1 Å². The molecule has 1 aliphatic carbocycles. The van der Waals surface area contributed by atoms with Gasteiger partial charge in [0.25, 0.3) is 0 Å². The van der Waals surface area contributed by atoms with Crippen LogP contribution in [0.25, 0.3) is 0 Å². The first-order chi connectivity index (χ1) is 12.9. The maximum atomic E-state index is 12.0. The van der Waals surface area contributed by atoms with Crippen LogP contribution in [0.3, 0.4) is 0 Å². The maximum absolute atomic E-state index is 12.0. The summed E-state index contributed by atoms with van der Waals surface area (Å²) in [6, 6.07) is 7.80. The lowest BCUT2D eigenvalue weighted by Crippen LogP contribution is -2.51. The molecule has 2 aliphatic rings. The molecule has 1 saturated carbocycles. The second kappa shape index (κ2) is 10.8. The summed E-state index contributed by atoms with van der Waals surface area (Å²) in [5.41, 5.74) is 7.20. The zero-order valence-electron chi connectivity index (χ0n) is 15.9. The normalized spacial score (nSPS) is 18.5. The Bertz CT molecular complexity index is 748. The van der Waals surface area contributed by atoms with Crippen LogP contribution < -0.4 is 15.4 Å². The molecule has 0 amide bonds. The van der Waals surface area contributed by atoms with Crippen molar-refractivity contribution in [1.29, 1.82) is 0 Å². The Labute approximate surface area is 189 Å². The molecule has 0 atom stereocenters. The Kier molecular flexibility index (Phi) is 9.10. The quantitative estimate of drug-likeness (QED) is 0.314. The minimum Gasteiger partial charge on any atom is -0.370 e. The lowest BCUT2D eigenvalue weighted by molar-refractivity contribution is 0.316. The lowest BCUT2D eigenvalue weighted by Gasteiger charge is -2.36. The van der Waals surface area contributed by atoms with Gasteiger partial charge >= 0.3 is 0 Å². The molecule has 0 bridgehead atoms. The van der Waals surface area contributed by atoms with Gasteiger partial charge in [-0.05, 0) is 43.0 Å². The van der Waals surface area contributed by atoms with Gasteiger partial charge in [0.05, 0.1) is 12.3 Å². The zero-order valence-corrected chi connectivity index (χ0v) is 19.8. The molecule has 3 N–H and O–H groups in total. The first-order valence-corrected chi connectivity index (χ1v) is 11.5. The fourth-order valence-electron chi connectivity index (χ4n) is 3.24. The van der Waals surface area contributed by atoms with E-state index in [-0.39, 0.29) is 36.3 Å². The topological polar surface area (TPSA) is 91.0 Å². The number of anilines is 1. The van der Waals surface area contributed by atoms with Crippen molar-refractivity contribution < 1.29 is 8.42 Å². The standard InChI is InChI=1S/C18H28ClN5O2S.HI/c19-16-4-6-17(7-5-16)23-9-11-24(12-10-23)18(20)21-8-13-27(25,26)22-14-15-2-1-3-15;/h4-7,15,22H,1-3,8-14H2,(H2,20,21);1H. The molecule has 0 radical (unpaired) electrons. The Morgan fingerprint density at radius 2 is 1.82 bits per heavy atom. The van der Waals surface area contributed by atoms with Gasteiger partial charge in [0.2, 0.25) is 10.0 Å². The molecule has 1 aromatic carbocycles. The number of benzene rings is 1. The summed E-state index contributed by atoms with van der Waals surface area (Å²) in [5, 5.41) is 0.728. The van der Waals surface area contributed by atoms with E-state index in [4.69, 9.17) is 17.3 Å². The van der Waals surface area contributed by atoms with E-state index in [0.717, 1.165) is 49.7 Å². The largest absolute Gasteiger partial charge is 0.370 e. The molecular formula is C18H29ClIN5O2S. The van der Waals surface area contributed by atoms with Crippen molar-refractivity contribution in [1.82, 2.24) is 9.62 Å². The SMILES string of the molecule is I.NC(=NCCS(=O)(=O)NCC1CCC1)N1CCN(c2ccc(Cl)cc2)CC1. The number of nitrogens with zero attached hydrogens (tertiary/aromatic N) is 3. The number of halogens is 2. The maximum Gasteiger partial charge on any atom is 0.213 e. The minimum absolute atomic E-state index is 0. The van der Waals surface area contributed by atoms with Crippen LogP contribution in [0.2, 0.25) is 5.02 Å². The van der Waals surface area contributed by atoms with Crippen LogP contribution in [0, 0.1) is 5.92 Å². The van der Waals surface area contributed by atoms with E-state index < -0.39 is 10.0 Å². The van der Waals surface area contributed by atoms with Gasteiger partial charge in [0, 0.05) is 43.4 Å². The molecule has 1 aliphatic heterocycles. The molecule has 1 aromatic rings. The van der Waals surface area contributed by atoms with E-state index in [2.05, 4.69) is 14.6 Å². The summed E-state index contributed by atoms with van der Waals surface area (Å²) >= 11 is 5.93. The summed E-state index contributed by atoms with van der Waals surface area (Å²) in [4.78, 5) is 8.54. The van der Waals surface area contributed by atoms with Crippen molar-refractivity contribution in [2.24, 2.45) is 16.6 Å². The molecule has 10 heteroatoms. The van der Waals surface area contributed by atoms with Crippen molar-refractivity contribution in [2.45, 2.75) is 19.3 Å². The van der Waals surface area contributed by atoms with E-state index in [9.17, 15) is 8.42 Å². The number of nitrogens with two attached hydrogens (primary N) is 1. The van der Waals surface area contributed by atoms with Crippen LogP contribution in [-0.4, -0.2) is 64.3 Å². The third-order valence-corrected chi connectivity index (χ3v) is 6.82. The highest BCUT2D eigenvalue weighted by Crippen LogP contribution is 2.25. The second-order valence-electron chi connectivity index (χ2n) is 7.15. The Balaban J connectivity index is 0.00000280. The Morgan fingerprint density at radius 3 is 2.39 bits per heavy atom. The van der Waals surface area contributed by atoms with Gasteiger partial charge in [-0.1, -0.05) is 18.0 Å². The van der Waals surface area contributed by atoms with Crippen LogP contribution in [0.4, 0.5) is 5.69 Å². The van der Waals surface area contributed by atoms with Gasteiger partial charge in [-0.3, -0.25) is 4.99 Å². The summed E-state index contributed by atoms with van der Waals surface area (Å²) in [6.45, 7) is 3.91. The number of rotatable bonds is 7. The van der Waals surface area contributed by atoms with Gasteiger partial charge in [0.15, 0.2) is 5.96 Å². The van der Waals surface area contributed by atoms with E-state index >= 15 is 0 Å². The smallest absolute Gasteiger partial charge is 0.213 e. The molecule has 28 heavy (non-hydrogen) atoms. The third kappa shape index (κ3) is 6.93. The van der Waals surface area contributed by atoms with Crippen molar-refractivity contribution in [3.63, 3.8) is 0 Å². The second-order valence-corrected chi connectivity index (χ2v) is 9.52. The monoisotopic (exact) mass is 541 g/mol. The van der Waals surface area contributed by atoms with E-state index in [1.807, 2.05) is 29.2 Å². The predicted molar refractivity (Wildman–Crippen MR) is 126 cm³/mol. The number of sulfonamides is 1. The van der Waals surface area contributed by atoms with Crippen LogP contribution in [0.15, 0.2) is 29.3 Å². The van der Waals surface area contributed by atoms with Crippen molar-refractivity contribution in [3.05, 3.63) is 29.3 Å². The molecular weight excluding hydrogens is 513 g/mol. The molecule has 0 unspecified atom stereocenters. The van der Waals surface area contributed by atoms with Crippen LogP contribution >= 0.6 is 35.6 Å². The average molecular weight is 542 g/mol. The molecule has 0 aromatic heterocycles. The first-order valence-electron chi connectivity index (χ1n) is 9.46. The van der Waals surface area contributed by atoms with E-state index in [1.165, 1.54) is 6.42 Å². The van der Waals surface area contributed by atoms with E-state index in [1.54, 1.807) is 0 Å². The highest BCUT2D eigenvalue weighted by atomic mass is 127. The highest BCUT2D eigenvalue weighted by Gasteiger charge is 2.21. The van der Waals surface area contributed by atoms with Crippen molar-refractivity contribution in [3.8, 4) is 0 Å². The molecule has 1 heterocycles. The third-order valence-electron chi connectivity index (χ3n) is 5.25. The number of guanidine groups is 1. The van der Waals surface area contributed by atoms with Gasteiger partial charge in [-0.2, -0.15) is 0 Å². The van der Waals surface area contributed by atoms with Crippen LogP contribution in [0.1, 0.15) is 19.3 Å². The summed E-state index contributed by atoms with van der Waals surface area (Å²) in [6.07, 6.45) is 3.45.